The summed E-state index contributed by atoms with van der Waals surface area (Å²) in [6.07, 6.45) is 3.15. The first-order valence-corrected chi connectivity index (χ1v) is 8.06. The van der Waals surface area contributed by atoms with Gasteiger partial charge < -0.3 is 10.6 Å². The second-order valence-corrected chi connectivity index (χ2v) is 5.64. The number of unbranched alkanes of at least 4 members (excludes halogenated alkanes) is 1. The first kappa shape index (κ1) is 16.0. The molecule has 1 aliphatic heterocycles. The topological polar surface area (TPSA) is 49.6 Å². The number of aryl methyl sites for hydroxylation is 1. The first-order valence-electron chi connectivity index (χ1n) is 8.06. The molecule has 0 atom stereocenters. The highest BCUT2D eigenvalue weighted by molar-refractivity contribution is 5.95. The average molecular weight is 289 g/mol. The molecule has 1 amide bonds. The highest BCUT2D eigenvalue weighted by Gasteiger charge is 2.22. The van der Waals surface area contributed by atoms with Crippen LogP contribution >= 0.6 is 0 Å². The Morgan fingerprint density at radius 2 is 1.86 bits per heavy atom. The van der Waals surface area contributed by atoms with Gasteiger partial charge in [-0.3, -0.25) is 9.69 Å². The van der Waals surface area contributed by atoms with E-state index in [4.69, 9.17) is 5.73 Å². The van der Waals surface area contributed by atoms with Gasteiger partial charge in [-0.25, -0.2) is 0 Å². The SMILES string of the molecule is CCc1ccccc1C(=O)N1CCN(CCCCN)CC1. The van der Waals surface area contributed by atoms with E-state index in [0.29, 0.717) is 0 Å². The molecule has 0 unspecified atom stereocenters. The van der Waals surface area contributed by atoms with Crippen LogP contribution < -0.4 is 5.73 Å². The quantitative estimate of drug-likeness (QED) is 0.812. The van der Waals surface area contributed by atoms with Gasteiger partial charge in [-0.15, -0.1) is 0 Å². The van der Waals surface area contributed by atoms with E-state index in [9.17, 15) is 4.79 Å². The number of amides is 1. The van der Waals surface area contributed by atoms with Crippen LogP contribution in [0.5, 0.6) is 0 Å². The van der Waals surface area contributed by atoms with Crippen molar-refractivity contribution in [2.75, 3.05) is 39.3 Å². The van der Waals surface area contributed by atoms with Crippen molar-refractivity contribution >= 4 is 5.91 Å². The molecule has 4 nitrogen and oxygen atoms in total. The van der Waals surface area contributed by atoms with E-state index in [1.807, 2.05) is 23.1 Å². The highest BCUT2D eigenvalue weighted by Crippen LogP contribution is 2.14. The molecule has 1 saturated heterocycles. The number of hydrogen-bond acceptors (Lipinski definition) is 3. The van der Waals surface area contributed by atoms with Crippen LogP contribution in [0.4, 0.5) is 0 Å². The number of carbonyl (C=O) groups is 1. The van der Waals surface area contributed by atoms with Crippen molar-refractivity contribution in [1.82, 2.24) is 9.80 Å². The molecule has 1 aromatic rings. The van der Waals surface area contributed by atoms with Crippen molar-refractivity contribution in [3.63, 3.8) is 0 Å². The van der Waals surface area contributed by atoms with E-state index in [2.05, 4.69) is 17.9 Å². The Morgan fingerprint density at radius 1 is 1.14 bits per heavy atom. The maximum atomic E-state index is 12.6. The van der Waals surface area contributed by atoms with Crippen molar-refractivity contribution in [3.05, 3.63) is 35.4 Å². The molecule has 4 heteroatoms. The van der Waals surface area contributed by atoms with Gasteiger partial charge in [-0.05, 0) is 44.0 Å². The Morgan fingerprint density at radius 3 is 2.52 bits per heavy atom. The lowest BCUT2D eigenvalue weighted by Gasteiger charge is -2.35. The number of nitrogens with two attached hydrogens (primary N) is 1. The lowest BCUT2D eigenvalue weighted by molar-refractivity contribution is 0.0634. The summed E-state index contributed by atoms with van der Waals surface area (Å²) in [5.74, 6) is 0.189. The predicted octanol–water partition coefficient (Wildman–Crippen LogP) is 1.75. The molecule has 1 aliphatic rings. The van der Waals surface area contributed by atoms with E-state index in [1.165, 1.54) is 0 Å². The molecule has 1 aromatic carbocycles. The summed E-state index contributed by atoms with van der Waals surface area (Å²) < 4.78 is 0. The maximum absolute atomic E-state index is 12.6. The van der Waals surface area contributed by atoms with Gasteiger partial charge >= 0.3 is 0 Å². The van der Waals surface area contributed by atoms with Crippen LogP contribution in [0.15, 0.2) is 24.3 Å². The second-order valence-electron chi connectivity index (χ2n) is 5.64. The third-order valence-corrected chi connectivity index (χ3v) is 4.22. The third kappa shape index (κ3) is 4.29. The van der Waals surface area contributed by atoms with Gasteiger partial charge in [0.2, 0.25) is 0 Å². The minimum atomic E-state index is 0.189. The minimum absolute atomic E-state index is 0.189. The third-order valence-electron chi connectivity index (χ3n) is 4.22. The molecule has 0 radical (unpaired) electrons. The summed E-state index contributed by atoms with van der Waals surface area (Å²) in [7, 11) is 0. The molecule has 0 aromatic heterocycles. The number of nitrogens with zero attached hydrogens (tertiary/aromatic N) is 2. The van der Waals surface area contributed by atoms with E-state index in [1.54, 1.807) is 0 Å². The molecule has 116 valence electrons. The number of carbonyl (C=O) groups excluding carboxylic acids is 1. The van der Waals surface area contributed by atoms with Crippen molar-refractivity contribution in [2.24, 2.45) is 5.73 Å². The molecule has 2 rings (SSSR count). The van der Waals surface area contributed by atoms with Crippen LogP contribution in [-0.2, 0) is 6.42 Å². The maximum Gasteiger partial charge on any atom is 0.254 e. The molecule has 1 fully saturated rings. The summed E-state index contributed by atoms with van der Waals surface area (Å²) in [6, 6.07) is 7.96. The van der Waals surface area contributed by atoms with Gasteiger partial charge in [0.15, 0.2) is 0 Å². The van der Waals surface area contributed by atoms with Gasteiger partial charge in [0.25, 0.3) is 5.91 Å². The predicted molar refractivity (Wildman–Crippen MR) is 86.5 cm³/mol. The van der Waals surface area contributed by atoms with E-state index < -0.39 is 0 Å². The largest absolute Gasteiger partial charge is 0.336 e. The number of hydrogen-bond donors (Lipinski definition) is 1. The molecule has 0 aliphatic carbocycles. The summed E-state index contributed by atoms with van der Waals surface area (Å²) in [4.78, 5) is 17.1. The molecule has 0 spiro atoms. The van der Waals surface area contributed by atoms with Crippen LogP contribution in [0, 0.1) is 0 Å². The molecule has 21 heavy (non-hydrogen) atoms. The smallest absolute Gasteiger partial charge is 0.254 e. The van der Waals surface area contributed by atoms with Crippen molar-refractivity contribution in [3.8, 4) is 0 Å². The van der Waals surface area contributed by atoms with Crippen LogP contribution in [0.2, 0.25) is 0 Å². The van der Waals surface area contributed by atoms with E-state index in [-0.39, 0.29) is 5.91 Å². The fourth-order valence-electron chi connectivity index (χ4n) is 2.86. The molecule has 2 N–H and O–H groups in total. The minimum Gasteiger partial charge on any atom is -0.336 e. The second kappa shape index (κ2) is 8.15. The Hall–Kier alpha value is -1.39. The van der Waals surface area contributed by atoms with Crippen LogP contribution in [0.1, 0.15) is 35.7 Å². The van der Waals surface area contributed by atoms with Crippen molar-refractivity contribution < 1.29 is 4.79 Å². The van der Waals surface area contributed by atoms with Gasteiger partial charge in [-0.1, -0.05) is 25.1 Å². The van der Waals surface area contributed by atoms with Gasteiger partial charge in [0.05, 0.1) is 0 Å². The standard InChI is InChI=1S/C17H27N3O/c1-2-15-7-3-4-8-16(15)17(21)20-13-11-19(12-14-20)10-6-5-9-18/h3-4,7-8H,2,5-6,9-14,18H2,1H3. The summed E-state index contributed by atoms with van der Waals surface area (Å²) >= 11 is 0. The average Bonchev–Trinajstić information content (AvgIpc) is 2.55. The fraction of sp³-hybridized carbons (Fsp3) is 0.588. The Labute approximate surface area is 127 Å². The lowest BCUT2D eigenvalue weighted by Crippen LogP contribution is -2.49. The first-order chi connectivity index (χ1) is 10.3. The van der Waals surface area contributed by atoms with Gasteiger partial charge in [0.1, 0.15) is 0 Å². The summed E-state index contributed by atoms with van der Waals surface area (Å²) in [5, 5.41) is 0. The number of piperazine rings is 1. The molecule has 1 heterocycles. The highest BCUT2D eigenvalue weighted by atomic mass is 16.2. The fourth-order valence-corrected chi connectivity index (χ4v) is 2.86. The normalized spacial score (nSPS) is 16.2. The molecule has 0 bridgehead atoms. The van der Waals surface area contributed by atoms with Crippen LogP contribution in [0.3, 0.4) is 0 Å². The summed E-state index contributed by atoms with van der Waals surface area (Å²) in [6.45, 7) is 7.59. The Bertz CT molecular complexity index is 453. The van der Waals surface area contributed by atoms with Crippen molar-refractivity contribution in [2.45, 2.75) is 26.2 Å². The molecular formula is C17H27N3O. The lowest BCUT2D eigenvalue weighted by atomic mass is 10.0. The Kier molecular flexibility index (Phi) is 6.21. The van der Waals surface area contributed by atoms with Gasteiger partial charge in [0, 0.05) is 31.7 Å². The molecule has 0 saturated carbocycles. The monoisotopic (exact) mass is 289 g/mol. The zero-order chi connectivity index (χ0) is 15.1. The Balaban J connectivity index is 1.88. The van der Waals surface area contributed by atoms with Crippen LogP contribution in [-0.4, -0.2) is 55.0 Å². The van der Waals surface area contributed by atoms with E-state index >= 15 is 0 Å². The van der Waals surface area contributed by atoms with Gasteiger partial charge in [-0.2, -0.15) is 0 Å². The van der Waals surface area contributed by atoms with Crippen molar-refractivity contribution in [1.29, 1.82) is 0 Å². The number of rotatable bonds is 6. The zero-order valence-electron chi connectivity index (χ0n) is 13.1. The zero-order valence-corrected chi connectivity index (χ0v) is 13.1. The van der Waals surface area contributed by atoms with E-state index in [0.717, 1.165) is 69.7 Å². The summed E-state index contributed by atoms with van der Waals surface area (Å²) in [5.41, 5.74) is 7.54. The molecular weight excluding hydrogens is 262 g/mol. The number of benzene rings is 1. The van der Waals surface area contributed by atoms with Crippen LogP contribution in [0.25, 0.3) is 0 Å².